The highest BCUT2D eigenvalue weighted by Crippen LogP contribution is 2.17. The highest BCUT2D eigenvalue weighted by Gasteiger charge is 2.11. The van der Waals surface area contributed by atoms with Gasteiger partial charge >= 0.3 is 0 Å². The second-order valence-corrected chi connectivity index (χ2v) is 5.60. The predicted octanol–water partition coefficient (Wildman–Crippen LogP) is 3.49. The number of aromatic nitrogens is 2. The molecule has 0 saturated heterocycles. The zero-order valence-electron chi connectivity index (χ0n) is 12.4. The SMILES string of the molecule is Cc1cccc(CNC(=O)c2cc(Cl)nc(C(C)C)c2)n1. The van der Waals surface area contributed by atoms with Crippen LogP contribution in [0.2, 0.25) is 5.15 Å². The summed E-state index contributed by atoms with van der Waals surface area (Å²) in [5.74, 6) is 0.0400. The Balaban J connectivity index is 2.10. The number of amides is 1. The monoisotopic (exact) mass is 303 g/mol. The van der Waals surface area contributed by atoms with E-state index < -0.39 is 0 Å². The van der Waals surface area contributed by atoms with E-state index in [0.29, 0.717) is 17.3 Å². The van der Waals surface area contributed by atoms with Gasteiger partial charge in [0, 0.05) is 17.0 Å². The van der Waals surface area contributed by atoms with E-state index in [1.807, 2.05) is 39.0 Å². The largest absolute Gasteiger partial charge is 0.346 e. The molecule has 0 spiro atoms. The van der Waals surface area contributed by atoms with Crippen LogP contribution in [-0.4, -0.2) is 15.9 Å². The van der Waals surface area contributed by atoms with Gasteiger partial charge in [-0.3, -0.25) is 9.78 Å². The highest BCUT2D eigenvalue weighted by molar-refractivity contribution is 6.29. The lowest BCUT2D eigenvalue weighted by Gasteiger charge is -2.09. The molecular formula is C16H18ClN3O. The first-order chi connectivity index (χ1) is 9.95. The third kappa shape index (κ3) is 4.26. The average Bonchev–Trinajstić information content (AvgIpc) is 2.44. The summed E-state index contributed by atoms with van der Waals surface area (Å²) in [4.78, 5) is 20.8. The maximum atomic E-state index is 12.2. The fourth-order valence-corrected chi connectivity index (χ4v) is 2.13. The summed E-state index contributed by atoms with van der Waals surface area (Å²) in [6.45, 7) is 6.33. The van der Waals surface area contributed by atoms with E-state index in [-0.39, 0.29) is 11.8 Å². The Morgan fingerprint density at radius 1 is 1.29 bits per heavy atom. The van der Waals surface area contributed by atoms with E-state index in [9.17, 15) is 4.79 Å². The minimum absolute atomic E-state index is 0.176. The molecule has 0 aliphatic rings. The fraction of sp³-hybridized carbons (Fsp3) is 0.312. The van der Waals surface area contributed by atoms with Crippen molar-refractivity contribution in [2.45, 2.75) is 33.2 Å². The quantitative estimate of drug-likeness (QED) is 0.880. The summed E-state index contributed by atoms with van der Waals surface area (Å²) >= 11 is 5.97. The lowest BCUT2D eigenvalue weighted by molar-refractivity contribution is 0.0950. The van der Waals surface area contributed by atoms with E-state index in [2.05, 4.69) is 15.3 Å². The molecular weight excluding hydrogens is 286 g/mol. The minimum atomic E-state index is -0.176. The van der Waals surface area contributed by atoms with Crippen molar-refractivity contribution in [2.75, 3.05) is 0 Å². The van der Waals surface area contributed by atoms with E-state index in [0.717, 1.165) is 17.1 Å². The lowest BCUT2D eigenvalue weighted by atomic mass is 10.1. The second kappa shape index (κ2) is 6.68. The van der Waals surface area contributed by atoms with Crippen molar-refractivity contribution in [1.29, 1.82) is 0 Å². The van der Waals surface area contributed by atoms with Crippen LogP contribution in [0.5, 0.6) is 0 Å². The number of nitrogens with zero attached hydrogens (tertiary/aromatic N) is 2. The molecule has 0 saturated carbocycles. The predicted molar refractivity (Wildman–Crippen MR) is 83.5 cm³/mol. The van der Waals surface area contributed by atoms with Crippen LogP contribution in [0.3, 0.4) is 0 Å². The maximum absolute atomic E-state index is 12.2. The molecule has 0 aliphatic heterocycles. The van der Waals surface area contributed by atoms with Crippen LogP contribution in [0.1, 0.15) is 47.2 Å². The Kier molecular flexibility index (Phi) is 4.91. The van der Waals surface area contributed by atoms with Gasteiger partial charge in [0.15, 0.2) is 0 Å². The summed E-state index contributed by atoms with van der Waals surface area (Å²) in [5.41, 5.74) is 3.08. The molecule has 2 heterocycles. The Morgan fingerprint density at radius 3 is 2.71 bits per heavy atom. The number of pyridine rings is 2. The lowest BCUT2D eigenvalue weighted by Crippen LogP contribution is -2.23. The van der Waals surface area contributed by atoms with Crippen molar-refractivity contribution in [3.63, 3.8) is 0 Å². The molecule has 0 bridgehead atoms. The Hall–Kier alpha value is -1.94. The van der Waals surface area contributed by atoms with Gasteiger partial charge in [0.25, 0.3) is 5.91 Å². The summed E-state index contributed by atoms with van der Waals surface area (Å²) in [5, 5.41) is 3.18. The molecule has 0 fully saturated rings. The maximum Gasteiger partial charge on any atom is 0.251 e. The van der Waals surface area contributed by atoms with E-state index in [4.69, 9.17) is 11.6 Å². The molecule has 1 N–H and O–H groups in total. The van der Waals surface area contributed by atoms with Crippen LogP contribution >= 0.6 is 11.6 Å². The molecule has 0 radical (unpaired) electrons. The first kappa shape index (κ1) is 15.4. The van der Waals surface area contributed by atoms with Crippen molar-refractivity contribution < 1.29 is 4.79 Å². The molecule has 5 heteroatoms. The second-order valence-electron chi connectivity index (χ2n) is 5.21. The first-order valence-electron chi connectivity index (χ1n) is 6.84. The van der Waals surface area contributed by atoms with Crippen molar-refractivity contribution >= 4 is 17.5 Å². The summed E-state index contributed by atoms with van der Waals surface area (Å²) in [6.07, 6.45) is 0. The Labute approximate surface area is 129 Å². The third-order valence-corrected chi connectivity index (χ3v) is 3.24. The third-order valence-electron chi connectivity index (χ3n) is 3.04. The van der Waals surface area contributed by atoms with Crippen LogP contribution in [0, 0.1) is 6.92 Å². The molecule has 110 valence electrons. The zero-order chi connectivity index (χ0) is 15.4. The molecule has 0 aromatic carbocycles. The summed E-state index contributed by atoms with van der Waals surface area (Å²) in [7, 11) is 0. The van der Waals surface area contributed by atoms with Crippen LogP contribution in [0.4, 0.5) is 0 Å². The summed E-state index contributed by atoms with van der Waals surface area (Å²) < 4.78 is 0. The van der Waals surface area contributed by atoms with Crippen LogP contribution in [0.25, 0.3) is 0 Å². The number of hydrogen-bond donors (Lipinski definition) is 1. The highest BCUT2D eigenvalue weighted by atomic mass is 35.5. The van der Waals surface area contributed by atoms with Crippen molar-refractivity contribution in [1.82, 2.24) is 15.3 Å². The van der Waals surface area contributed by atoms with Gasteiger partial charge in [-0.2, -0.15) is 0 Å². The summed E-state index contributed by atoms with van der Waals surface area (Å²) in [6, 6.07) is 9.07. The van der Waals surface area contributed by atoms with Crippen molar-refractivity contribution in [3.05, 3.63) is 58.1 Å². The van der Waals surface area contributed by atoms with Gasteiger partial charge in [-0.1, -0.05) is 31.5 Å². The number of hydrogen-bond acceptors (Lipinski definition) is 3. The topological polar surface area (TPSA) is 54.9 Å². The molecule has 1 amide bonds. The standard InChI is InChI=1S/C16H18ClN3O/c1-10(2)14-7-12(8-15(17)20-14)16(21)18-9-13-6-4-5-11(3)19-13/h4-8,10H,9H2,1-3H3,(H,18,21). The average molecular weight is 304 g/mol. The van der Waals surface area contributed by atoms with Crippen molar-refractivity contribution in [2.24, 2.45) is 0 Å². The van der Waals surface area contributed by atoms with E-state index in [1.54, 1.807) is 12.1 Å². The molecule has 21 heavy (non-hydrogen) atoms. The van der Waals surface area contributed by atoms with Gasteiger partial charge in [0.1, 0.15) is 5.15 Å². The van der Waals surface area contributed by atoms with Gasteiger partial charge in [-0.15, -0.1) is 0 Å². The molecule has 0 aliphatic carbocycles. The van der Waals surface area contributed by atoms with Crippen LogP contribution in [0.15, 0.2) is 30.3 Å². The first-order valence-corrected chi connectivity index (χ1v) is 7.21. The zero-order valence-corrected chi connectivity index (χ0v) is 13.1. The van der Waals surface area contributed by atoms with Gasteiger partial charge in [-0.25, -0.2) is 4.98 Å². The number of nitrogens with one attached hydrogen (secondary N) is 1. The normalized spacial score (nSPS) is 10.7. The number of rotatable bonds is 4. The molecule has 4 nitrogen and oxygen atoms in total. The number of carbonyl (C=O) groups is 1. The Morgan fingerprint density at radius 2 is 2.05 bits per heavy atom. The van der Waals surface area contributed by atoms with Crippen molar-refractivity contribution in [3.8, 4) is 0 Å². The van der Waals surface area contributed by atoms with Crippen LogP contribution < -0.4 is 5.32 Å². The van der Waals surface area contributed by atoms with Gasteiger partial charge in [0.05, 0.1) is 12.2 Å². The Bertz CT molecular complexity index is 656. The number of halogens is 1. The smallest absolute Gasteiger partial charge is 0.251 e. The minimum Gasteiger partial charge on any atom is -0.346 e. The van der Waals surface area contributed by atoms with E-state index in [1.165, 1.54) is 0 Å². The number of carbonyl (C=O) groups excluding carboxylic acids is 1. The fourth-order valence-electron chi connectivity index (χ4n) is 1.91. The number of aryl methyl sites for hydroxylation is 1. The van der Waals surface area contributed by atoms with Gasteiger partial charge < -0.3 is 5.32 Å². The molecule has 2 aromatic rings. The van der Waals surface area contributed by atoms with E-state index >= 15 is 0 Å². The van der Waals surface area contributed by atoms with Gasteiger partial charge in [-0.05, 0) is 37.1 Å². The molecule has 2 aromatic heterocycles. The van der Waals surface area contributed by atoms with Crippen LogP contribution in [-0.2, 0) is 6.54 Å². The molecule has 0 atom stereocenters. The molecule has 0 unspecified atom stereocenters. The van der Waals surface area contributed by atoms with Gasteiger partial charge in [0.2, 0.25) is 0 Å². The molecule has 2 rings (SSSR count).